The highest BCUT2D eigenvalue weighted by Crippen LogP contribution is 2.03. The average Bonchev–Trinajstić information content (AvgIpc) is 3.24. The first kappa shape index (κ1) is 65.1. The fourth-order valence-electron chi connectivity index (χ4n) is 4.71. The number of thiol groups is 1. The van der Waals surface area contributed by atoms with Gasteiger partial charge in [-0.1, -0.05) is 38.9 Å². The molecule has 26 heteroatoms. The van der Waals surface area contributed by atoms with Crippen molar-refractivity contribution in [2.45, 2.75) is 104 Å². The standard InChI is InChI=1S/C22H35BN2O6.C17H33N3O5S.2O3S/c1-4-7-21(27)24-11-13-31-15-14-30-12-6-10-20(26)17(2)25-22(28)18-8-5-9-19(16-18)23(3)29;1-3-5-16(22)19-7-9-25-11-10-24-8-4-6-15(21)13(2)20-17(23)14(18)12-26;2*1-4(2)3/h5,8-9,16-17,29H,4,6-7,10-15H2,1-3H3,(H,24,27)(H,25,28);13-14,26H,3-12,18H2,1-2H3,(H,19,22)(H,20,23);;/t17-;13-,14-;;/m00../s1. The van der Waals surface area contributed by atoms with E-state index in [0.717, 1.165) is 12.8 Å². The van der Waals surface area contributed by atoms with Gasteiger partial charge in [-0.05, 0) is 51.1 Å². The maximum absolute atomic E-state index is 12.3. The predicted octanol–water partition coefficient (Wildman–Crippen LogP) is -1.04. The lowest BCUT2D eigenvalue weighted by Crippen LogP contribution is -2.47. The van der Waals surface area contributed by atoms with Crippen molar-refractivity contribution in [1.29, 1.82) is 0 Å². The van der Waals surface area contributed by atoms with Crippen molar-refractivity contribution >= 4 is 81.4 Å². The van der Waals surface area contributed by atoms with Crippen LogP contribution in [0.25, 0.3) is 0 Å². The number of hydrogen-bond donors (Lipinski definition) is 7. The van der Waals surface area contributed by atoms with E-state index in [0.29, 0.717) is 115 Å². The number of ketones is 2. The molecule has 0 aliphatic rings. The molecule has 1 aromatic carbocycles. The number of carbonyl (C=O) groups excluding carboxylic acids is 6. The topological polar surface area (TPSA) is 336 Å². The Labute approximate surface area is 390 Å². The Balaban J connectivity index is -0.00000102. The number of ether oxygens (including phenoxy) is 4. The zero-order valence-electron chi connectivity index (χ0n) is 37.9. The van der Waals surface area contributed by atoms with Crippen LogP contribution in [0.2, 0.25) is 6.82 Å². The summed E-state index contributed by atoms with van der Waals surface area (Å²) in [6.45, 7) is 12.6. The summed E-state index contributed by atoms with van der Waals surface area (Å²) in [7, 11) is -6.22. The van der Waals surface area contributed by atoms with Gasteiger partial charge in [0.25, 0.3) is 5.91 Å². The lowest BCUT2D eigenvalue weighted by Gasteiger charge is -2.15. The second-order valence-electron chi connectivity index (χ2n) is 13.7. The van der Waals surface area contributed by atoms with Gasteiger partial charge < -0.3 is 51.0 Å². The Morgan fingerprint density at radius 2 is 1.08 bits per heavy atom. The number of rotatable bonds is 32. The number of nitrogens with one attached hydrogen (secondary N) is 4. The van der Waals surface area contributed by atoms with Gasteiger partial charge in [0.05, 0.1) is 57.8 Å². The van der Waals surface area contributed by atoms with E-state index < -0.39 is 46.3 Å². The Morgan fingerprint density at radius 3 is 1.46 bits per heavy atom. The lowest BCUT2D eigenvalue weighted by atomic mass is 9.64. The molecule has 0 radical (unpaired) electrons. The van der Waals surface area contributed by atoms with Gasteiger partial charge in [0.1, 0.15) is 0 Å². The summed E-state index contributed by atoms with van der Waals surface area (Å²) in [4.78, 5) is 70.5. The minimum Gasteiger partial charge on any atom is -0.447 e. The maximum Gasteiger partial charge on any atom is 0.425 e. The molecule has 372 valence electrons. The van der Waals surface area contributed by atoms with Crippen molar-refractivity contribution < 1.29 is 78.0 Å². The molecule has 65 heavy (non-hydrogen) atoms. The van der Waals surface area contributed by atoms with Gasteiger partial charge in [-0.2, -0.15) is 12.6 Å². The highest BCUT2D eigenvalue weighted by Gasteiger charge is 2.19. The molecule has 4 amide bonds. The van der Waals surface area contributed by atoms with Crippen molar-refractivity contribution in [1.82, 2.24) is 21.3 Å². The molecule has 7 N–H and O–H groups in total. The summed E-state index contributed by atoms with van der Waals surface area (Å²) in [5.41, 5.74) is 6.60. The molecule has 0 heterocycles. The first-order valence-electron chi connectivity index (χ1n) is 20.9. The maximum atomic E-state index is 12.3. The van der Waals surface area contributed by atoms with Crippen LogP contribution in [0.3, 0.4) is 0 Å². The van der Waals surface area contributed by atoms with E-state index >= 15 is 0 Å². The number of nitrogens with two attached hydrogens (primary N) is 1. The van der Waals surface area contributed by atoms with E-state index in [4.69, 9.17) is 49.9 Å². The van der Waals surface area contributed by atoms with Crippen LogP contribution in [0.15, 0.2) is 24.3 Å². The minimum atomic E-state index is -3.11. The van der Waals surface area contributed by atoms with Crippen molar-refractivity contribution in [2.75, 3.05) is 71.7 Å². The molecular formula is C39H68BN5O17S3. The Hall–Kier alpha value is -4.15. The van der Waals surface area contributed by atoms with Gasteiger partial charge in [-0.25, -0.2) is 0 Å². The quantitative estimate of drug-likeness (QED) is 0.0258. The van der Waals surface area contributed by atoms with E-state index in [1.165, 1.54) is 0 Å². The minimum absolute atomic E-state index is 0.0331. The van der Waals surface area contributed by atoms with E-state index in [9.17, 15) is 33.8 Å². The molecule has 0 aliphatic carbocycles. The third-order valence-electron chi connectivity index (χ3n) is 8.10. The molecule has 3 atom stereocenters. The number of amides is 4. The Bertz CT molecular complexity index is 1700. The molecule has 0 aromatic heterocycles. The van der Waals surface area contributed by atoms with Crippen LogP contribution in [-0.4, -0.2) is 162 Å². The lowest BCUT2D eigenvalue weighted by molar-refractivity contribution is -0.128. The van der Waals surface area contributed by atoms with Crippen molar-refractivity contribution in [3.63, 3.8) is 0 Å². The molecule has 0 aliphatic heterocycles. The molecule has 0 fully saturated rings. The second-order valence-corrected chi connectivity index (χ2v) is 14.9. The summed E-state index contributed by atoms with van der Waals surface area (Å²) in [6, 6.07) is 4.82. The van der Waals surface area contributed by atoms with E-state index in [1.807, 2.05) is 13.8 Å². The Kier molecular flexibility index (Phi) is 43.8. The third kappa shape index (κ3) is 43.5. The summed E-state index contributed by atoms with van der Waals surface area (Å²) in [6.07, 6.45) is 4.48. The largest absolute Gasteiger partial charge is 0.447 e. The second kappa shape index (κ2) is 43.7. The van der Waals surface area contributed by atoms with Crippen molar-refractivity contribution in [2.24, 2.45) is 5.73 Å². The van der Waals surface area contributed by atoms with Gasteiger partial charge in [0, 0.05) is 63.3 Å². The zero-order valence-corrected chi connectivity index (χ0v) is 40.4. The molecular weight excluding hydrogens is 917 g/mol. The summed E-state index contributed by atoms with van der Waals surface area (Å²) >= 11 is 3.95. The van der Waals surface area contributed by atoms with Crippen LogP contribution in [0.4, 0.5) is 0 Å². The number of carbonyl (C=O) groups is 6. The first-order valence-corrected chi connectivity index (χ1v) is 23.6. The van der Waals surface area contributed by atoms with Crippen molar-refractivity contribution in [3.8, 4) is 0 Å². The molecule has 0 bridgehead atoms. The van der Waals surface area contributed by atoms with Crippen LogP contribution in [-0.2, 0) is 64.1 Å². The van der Waals surface area contributed by atoms with Crippen molar-refractivity contribution in [3.05, 3.63) is 29.8 Å². The summed E-state index contributed by atoms with van der Waals surface area (Å²) < 4.78 is 72.2. The molecule has 0 saturated heterocycles. The summed E-state index contributed by atoms with van der Waals surface area (Å²) in [5.74, 6) is -0.549. The normalized spacial score (nSPS) is 11.5. The zero-order chi connectivity index (χ0) is 50.0. The molecule has 0 spiro atoms. The van der Waals surface area contributed by atoms with Gasteiger partial charge in [0.2, 0.25) is 17.7 Å². The fraction of sp³-hybridized carbons (Fsp3) is 0.692. The van der Waals surface area contributed by atoms with Gasteiger partial charge in [-0.3, -0.25) is 28.8 Å². The number of Topliss-reactive ketones (excluding diaryl/α,β-unsaturated/α-hetero) is 2. The molecule has 22 nitrogen and oxygen atoms in total. The molecule has 1 aromatic rings. The number of hydrogen-bond acceptors (Lipinski definition) is 19. The van der Waals surface area contributed by atoms with Crippen LogP contribution in [0, 0.1) is 0 Å². The molecule has 1 rings (SSSR count). The summed E-state index contributed by atoms with van der Waals surface area (Å²) in [5, 5.41) is 20.4. The van der Waals surface area contributed by atoms with Gasteiger partial charge >= 0.3 is 28.1 Å². The third-order valence-corrected chi connectivity index (χ3v) is 8.49. The van der Waals surface area contributed by atoms with E-state index in [1.54, 1.807) is 44.9 Å². The van der Waals surface area contributed by atoms with Crippen LogP contribution in [0.1, 0.15) is 89.4 Å². The molecule has 0 unspecified atom stereocenters. The smallest absolute Gasteiger partial charge is 0.425 e. The fourth-order valence-corrected chi connectivity index (χ4v) is 4.88. The SMILES string of the molecule is CCCC(=O)NCCOCCOCCCC(=O)[C@H](C)NC(=O)[C@@H](N)CS.CCCC(=O)NCCOCCOCCCC(=O)[C@H](C)NC(=O)c1cccc(B(C)O)c1.O=S(=O)=O.O=S(=O)=O. The highest BCUT2D eigenvalue weighted by molar-refractivity contribution is 7.80. The predicted molar refractivity (Wildman–Crippen MR) is 243 cm³/mol. The average molecular weight is 986 g/mol. The van der Waals surface area contributed by atoms with Crippen LogP contribution >= 0.6 is 12.6 Å². The first-order chi connectivity index (χ1) is 30.7. The van der Waals surface area contributed by atoms with Crippen LogP contribution < -0.4 is 32.5 Å². The monoisotopic (exact) mass is 985 g/mol. The van der Waals surface area contributed by atoms with E-state index in [2.05, 4.69) is 33.9 Å². The van der Waals surface area contributed by atoms with Gasteiger partial charge in [0.15, 0.2) is 11.6 Å². The Morgan fingerprint density at radius 1 is 0.677 bits per heavy atom. The highest BCUT2D eigenvalue weighted by atomic mass is 32.2. The van der Waals surface area contributed by atoms with E-state index in [-0.39, 0.29) is 40.9 Å². The number of benzene rings is 1. The van der Waals surface area contributed by atoms with Gasteiger partial charge in [-0.15, -0.1) is 25.3 Å². The molecule has 0 saturated carbocycles. The van der Waals surface area contributed by atoms with Crippen LogP contribution in [0.5, 0.6) is 0 Å².